The van der Waals surface area contributed by atoms with Gasteiger partial charge in [-0.15, -0.1) is 0 Å². The van der Waals surface area contributed by atoms with Crippen LogP contribution >= 0.6 is 11.8 Å². The van der Waals surface area contributed by atoms with Crippen LogP contribution in [0, 0.1) is 0 Å². The molecule has 1 aromatic heterocycles. The Balaban J connectivity index is 1.79. The van der Waals surface area contributed by atoms with Crippen LogP contribution in [0.3, 0.4) is 0 Å². The van der Waals surface area contributed by atoms with Gasteiger partial charge in [-0.25, -0.2) is 4.79 Å². The van der Waals surface area contributed by atoms with E-state index in [2.05, 4.69) is 0 Å². The van der Waals surface area contributed by atoms with Gasteiger partial charge in [0.15, 0.2) is 0 Å². The van der Waals surface area contributed by atoms with Gasteiger partial charge in [0.2, 0.25) is 0 Å². The molecule has 0 unspecified atom stereocenters. The number of fused-ring (bicyclic) bond motifs is 3. The Morgan fingerprint density at radius 2 is 1.77 bits per heavy atom. The van der Waals surface area contributed by atoms with E-state index in [1.807, 2.05) is 53.9 Å². The molecule has 108 valence electrons. The second-order valence-electron chi connectivity index (χ2n) is 4.95. The maximum absolute atomic E-state index is 12.3. The first kappa shape index (κ1) is 13.2. The van der Waals surface area contributed by atoms with Crippen molar-refractivity contribution in [3.8, 4) is 5.75 Å². The number of benzene rings is 2. The van der Waals surface area contributed by atoms with Gasteiger partial charge in [-0.3, -0.25) is 0 Å². The van der Waals surface area contributed by atoms with Crippen molar-refractivity contribution in [1.82, 2.24) is 0 Å². The van der Waals surface area contributed by atoms with Gasteiger partial charge < -0.3 is 9.15 Å². The molecule has 2 heterocycles. The average Bonchev–Trinajstić information content (AvgIpc) is 2.99. The highest BCUT2D eigenvalue weighted by atomic mass is 32.2. The molecule has 0 aliphatic carbocycles. The lowest BCUT2D eigenvalue weighted by atomic mass is 10.1. The van der Waals surface area contributed by atoms with Crippen LogP contribution in [0.4, 0.5) is 0 Å². The molecule has 0 saturated carbocycles. The fraction of sp³-hybridized carbons (Fsp3) is 0.0556. The van der Waals surface area contributed by atoms with E-state index in [1.165, 1.54) is 0 Å². The SMILES string of the molecule is O=c1oc2ccccc2c2c1/C(=C\Sc1ccccc1)CO2. The minimum Gasteiger partial charge on any atom is -0.487 e. The molecule has 0 radical (unpaired) electrons. The summed E-state index contributed by atoms with van der Waals surface area (Å²) in [5.41, 5.74) is 1.62. The predicted octanol–water partition coefficient (Wildman–Crippen LogP) is 4.32. The maximum atomic E-state index is 12.3. The topological polar surface area (TPSA) is 39.4 Å². The van der Waals surface area contributed by atoms with E-state index < -0.39 is 0 Å². The van der Waals surface area contributed by atoms with Crippen LogP contribution in [0.2, 0.25) is 0 Å². The smallest absolute Gasteiger partial charge is 0.347 e. The molecular formula is C18H12O3S. The quantitative estimate of drug-likeness (QED) is 0.522. The molecule has 1 aliphatic rings. The van der Waals surface area contributed by atoms with Crippen LogP contribution in [0.5, 0.6) is 5.75 Å². The highest BCUT2D eigenvalue weighted by Crippen LogP contribution is 2.38. The van der Waals surface area contributed by atoms with Gasteiger partial charge in [0.1, 0.15) is 23.5 Å². The summed E-state index contributed by atoms with van der Waals surface area (Å²) < 4.78 is 11.2. The molecular weight excluding hydrogens is 296 g/mol. The molecule has 4 rings (SSSR count). The van der Waals surface area contributed by atoms with E-state index in [1.54, 1.807) is 17.8 Å². The number of ether oxygens (including phenoxy) is 1. The Morgan fingerprint density at radius 1 is 1.00 bits per heavy atom. The first-order chi connectivity index (χ1) is 10.8. The Kier molecular flexibility index (Phi) is 3.24. The summed E-state index contributed by atoms with van der Waals surface area (Å²) >= 11 is 1.57. The molecule has 3 aromatic rings. The van der Waals surface area contributed by atoms with Crippen molar-refractivity contribution in [2.24, 2.45) is 0 Å². The van der Waals surface area contributed by atoms with Gasteiger partial charge in [0, 0.05) is 10.5 Å². The monoisotopic (exact) mass is 308 g/mol. The lowest BCUT2D eigenvalue weighted by Crippen LogP contribution is -2.04. The minimum absolute atomic E-state index is 0.342. The number of hydrogen-bond donors (Lipinski definition) is 0. The van der Waals surface area contributed by atoms with Crippen LogP contribution in [0.15, 0.2) is 74.1 Å². The van der Waals surface area contributed by atoms with Crippen molar-refractivity contribution in [2.45, 2.75) is 4.90 Å². The molecule has 0 fully saturated rings. The number of rotatable bonds is 2. The van der Waals surface area contributed by atoms with Gasteiger partial charge in [0.05, 0.1) is 5.39 Å². The first-order valence-electron chi connectivity index (χ1n) is 6.93. The van der Waals surface area contributed by atoms with Gasteiger partial charge in [-0.2, -0.15) is 0 Å². The summed E-state index contributed by atoms with van der Waals surface area (Å²) in [5, 5.41) is 2.80. The fourth-order valence-electron chi connectivity index (χ4n) is 2.50. The molecule has 22 heavy (non-hydrogen) atoms. The molecule has 0 saturated heterocycles. The third-order valence-electron chi connectivity index (χ3n) is 3.54. The Hall–Kier alpha value is -2.46. The molecule has 0 atom stereocenters. The van der Waals surface area contributed by atoms with E-state index >= 15 is 0 Å². The normalized spacial score (nSPS) is 15.0. The highest BCUT2D eigenvalue weighted by molar-refractivity contribution is 8.02. The van der Waals surface area contributed by atoms with E-state index in [0.717, 1.165) is 15.9 Å². The van der Waals surface area contributed by atoms with Crippen molar-refractivity contribution in [3.63, 3.8) is 0 Å². The van der Waals surface area contributed by atoms with Gasteiger partial charge in [-0.1, -0.05) is 42.1 Å². The third-order valence-corrected chi connectivity index (χ3v) is 4.49. The van der Waals surface area contributed by atoms with E-state index in [-0.39, 0.29) is 5.63 Å². The lowest BCUT2D eigenvalue weighted by Gasteiger charge is -2.02. The van der Waals surface area contributed by atoms with Crippen molar-refractivity contribution >= 4 is 28.3 Å². The summed E-state index contributed by atoms with van der Waals surface area (Å²) in [7, 11) is 0. The summed E-state index contributed by atoms with van der Waals surface area (Å²) in [6.07, 6.45) is 0. The summed E-state index contributed by atoms with van der Waals surface area (Å²) in [6, 6.07) is 17.4. The van der Waals surface area contributed by atoms with Crippen LogP contribution in [-0.2, 0) is 0 Å². The second-order valence-corrected chi connectivity index (χ2v) is 5.90. The van der Waals surface area contributed by atoms with Crippen LogP contribution < -0.4 is 10.4 Å². The molecule has 0 amide bonds. The predicted molar refractivity (Wildman–Crippen MR) is 88.3 cm³/mol. The van der Waals surface area contributed by atoms with Crippen LogP contribution in [0.1, 0.15) is 5.56 Å². The van der Waals surface area contributed by atoms with Crippen LogP contribution in [-0.4, -0.2) is 6.61 Å². The van der Waals surface area contributed by atoms with E-state index in [0.29, 0.717) is 23.5 Å². The zero-order valence-electron chi connectivity index (χ0n) is 11.6. The van der Waals surface area contributed by atoms with Crippen molar-refractivity contribution in [2.75, 3.05) is 6.61 Å². The van der Waals surface area contributed by atoms with Crippen LogP contribution in [0.25, 0.3) is 16.5 Å². The largest absolute Gasteiger partial charge is 0.487 e. The highest BCUT2D eigenvalue weighted by Gasteiger charge is 2.25. The molecule has 3 nitrogen and oxygen atoms in total. The molecule has 0 N–H and O–H groups in total. The standard InChI is InChI=1S/C18H12O3S/c19-18-16-12(11-22-13-6-2-1-3-7-13)10-20-17(16)14-8-4-5-9-15(14)21-18/h1-9,11H,10H2/b12-11-. The molecule has 0 spiro atoms. The first-order valence-corrected chi connectivity index (χ1v) is 7.80. The summed E-state index contributed by atoms with van der Waals surface area (Å²) in [5.74, 6) is 0.631. The van der Waals surface area contributed by atoms with Gasteiger partial charge in [0.25, 0.3) is 0 Å². The number of hydrogen-bond acceptors (Lipinski definition) is 4. The third kappa shape index (κ3) is 2.22. The maximum Gasteiger partial charge on any atom is 0.347 e. The molecule has 2 aromatic carbocycles. The number of thioether (sulfide) groups is 1. The Bertz CT molecular complexity index is 926. The Morgan fingerprint density at radius 3 is 2.64 bits per heavy atom. The van der Waals surface area contributed by atoms with Crippen molar-refractivity contribution < 1.29 is 9.15 Å². The fourth-order valence-corrected chi connectivity index (χ4v) is 3.28. The van der Waals surface area contributed by atoms with Crippen molar-refractivity contribution in [1.29, 1.82) is 0 Å². The zero-order chi connectivity index (χ0) is 14.9. The molecule has 0 bridgehead atoms. The summed E-state index contributed by atoms with van der Waals surface area (Å²) in [6.45, 7) is 0.397. The average molecular weight is 308 g/mol. The number of para-hydroxylation sites is 1. The molecule has 4 heteroatoms. The summed E-state index contributed by atoms with van der Waals surface area (Å²) in [4.78, 5) is 13.4. The van der Waals surface area contributed by atoms with Crippen molar-refractivity contribution in [3.05, 3.63) is 76.0 Å². The zero-order valence-corrected chi connectivity index (χ0v) is 12.4. The second kappa shape index (κ2) is 5.39. The van der Waals surface area contributed by atoms with E-state index in [4.69, 9.17) is 9.15 Å². The lowest BCUT2D eigenvalue weighted by molar-refractivity contribution is 0.390. The van der Waals surface area contributed by atoms with Gasteiger partial charge in [-0.05, 0) is 29.7 Å². The van der Waals surface area contributed by atoms with E-state index in [9.17, 15) is 4.79 Å². The Labute approximate surface area is 131 Å². The molecule has 1 aliphatic heterocycles. The minimum atomic E-state index is -0.342. The van der Waals surface area contributed by atoms with Gasteiger partial charge >= 0.3 is 5.63 Å².